The summed E-state index contributed by atoms with van der Waals surface area (Å²) < 4.78 is 0. The first-order valence-electron chi connectivity index (χ1n) is 6.70. The summed E-state index contributed by atoms with van der Waals surface area (Å²) in [7, 11) is 4.10. The van der Waals surface area contributed by atoms with Crippen LogP contribution >= 0.6 is 0 Å². The van der Waals surface area contributed by atoms with Gasteiger partial charge in [-0.3, -0.25) is 0 Å². The molecule has 2 N–H and O–H groups in total. The average Bonchev–Trinajstić information content (AvgIpc) is 2.24. The zero-order chi connectivity index (χ0) is 12.8. The molecule has 2 unspecified atom stereocenters. The van der Waals surface area contributed by atoms with E-state index >= 15 is 0 Å². The van der Waals surface area contributed by atoms with Gasteiger partial charge in [0.05, 0.1) is 0 Å². The lowest BCUT2D eigenvalue weighted by atomic mass is 9.79. The van der Waals surface area contributed by atoms with Crippen molar-refractivity contribution in [2.45, 2.75) is 66.0 Å². The molecule has 0 heterocycles. The number of nitrogens with one attached hydrogen (secondary N) is 2. The molecular formula is C14H32N2. The molecule has 2 nitrogen and oxygen atoms in total. The minimum Gasteiger partial charge on any atom is -0.316 e. The molecule has 98 valence electrons. The van der Waals surface area contributed by atoms with Crippen molar-refractivity contribution in [3.63, 3.8) is 0 Å². The van der Waals surface area contributed by atoms with Gasteiger partial charge in [0.15, 0.2) is 0 Å². The van der Waals surface area contributed by atoms with Crippen LogP contribution in [0.2, 0.25) is 0 Å². The van der Waals surface area contributed by atoms with E-state index in [0.29, 0.717) is 17.5 Å². The van der Waals surface area contributed by atoms with Crippen LogP contribution in [0, 0.1) is 11.3 Å². The number of hydrogen-bond donors (Lipinski definition) is 2. The van der Waals surface area contributed by atoms with Crippen molar-refractivity contribution < 1.29 is 0 Å². The molecule has 0 saturated heterocycles. The fourth-order valence-electron chi connectivity index (χ4n) is 2.38. The van der Waals surface area contributed by atoms with Gasteiger partial charge in [-0.1, -0.05) is 34.1 Å². The predicted molar refractivity (Wildman–Crippen MR) is 73.8 cm³/mol. The van der Waals surface area contributed by atoms with Gasteiger partial charge in [0, 0.05) is 12.1 Å². The summed E-state index contributed by atoms with van der Waals surface area (Å²) in [5, 5.41) is 6.76. The van der Waals surface area contributed by atoms with E-state index in [4.69, 9.17) is 0 Å². The van der Waals surface area contributed by atoms with E-state index in [9.17, 15) is 0 Å². The van der Waals surface area contributed by atoms with E-state index in [-0.39, 0.29) is 0 Å². The summed E-state index contributed by atoms with van der Waals surface area (Å²) in [5.41, 5.74) is 0.487. The zero-order valence-corrected chi connectivity index (χ0v) is 12.4. The highest BCUT2D eigenvalue weighted by Crippen LogP contribution is 2.30. The van der Waals surface area contributed by atoms with Crippen molar-refractivity contribution in [2.24, 2.45) is 11.3 Å². The van der Waals surface area contributed by atoms with Crippen LogP contribution in [0.5, 0.6) is 0 Å². The lowest BCUT2D eigenvalue weighted by Gasteiger charge is -2.31. The van der Waals surface area contributed by atoms with Crippen molar-refractivity contribution in [1.82, 2.24) is 10.6 Å². The van der Waals surface area contributed by atoms with Crippen LogP contribution in [-0.2, 0) is 0 Å². The highest BCUT2D eigenvalue weighted by Gasteiger charge is 2.22. The minimum atomic E-state index is 0.487. The van der Waals surface area contributed by atoms with E-state index in [1.54, 1.807) is 0 Å². The van der Waals surface area contributed by atoms with E-state index < -0.39 is 0 Å². The third-order valence-electron chi connectivity index (χ3n) is 3.94. The summed E-state index contributed by atoms with van der Waals surface area (Å²) in [6.45, 7) is 11.7. The number of hydrogen-bond acceptors (Lipinski definition) is 2. The maximum Gasteiger partial charge on any atom is 0.0217 e. The first-order valence-corrected chi connectivity index (χ1v) is 6.70. The molecule has 16 heavy (non-hydrogen) atoms. The van der Waals surface area contributed by atoms with Gasteiger partial charge in [0.2, 0.25) is 0 Å². The first-order chi connectivity index (χ1) is 7.36. The molecule has 0 aromatic rings. The second kappa shape index (κ2) is 7.29. The van der Waals surface area contributed by atoms with Crippen LogP contribution in [0.1, 0.15) is 53.9 Å². The molecule has 2 heteroatoms. The lowest BCUT2D eigenvalue weighted by molar-refractivity contribution is 0.237. The molecule has 0 saturated carbocycles. The molecule has 0 aliphatic rings. The number of rotatable bonds is 8. The van der Waals surface area contributed by atoms with Gasteiger partial charge in [-0.05, 0) is 45.2 Å². The summed E-state index contributed by atoms with van der Waals surface area (Å²) in [6.07, 6.45) is 3.84. The summed E-state index contributed by atoms with van der Waals surface area (Å²) in [5.74, 6) is 0.781. The lowest BCUT2D eigenvalue weighted by Crippen LogP contribution is -2.44. The molecule has 3 atom stereocenters. The molecule has 0 aliphatic heterocycles. The molecule has 0 spiro atoms. The van der Waals surface area contributed by atoms with Crippen LogP contribution in [0.25, 0.3) is 0 Å². The Bertz CT molecular complexity index is 178. The SMILES string of the molecule is CCC(C)(C)CC(C)CC(NC)[C@@H](C)NC. The van der Waals surface area contributed by atoms with Crippen molar-refractivity contribution in [3.8, 4) is 0 Å². The van der Waals surface area contributed by atoms with E-state index in [1.807, 2.05) is 7.05 Å². The second-order valence-electron chi connectivity index (χ2n) is 6.04. The average molecular weight is 228 g/mol. The minimum absolute atomic E-state index is 0.487. The summed E-state index contributed by atoms with van der Waals surface area (Å²) in [4.78, 5) is 0. The van der Waals surface area contributed by atoms with Gasteiger partial charge < -0.3 is 10.6 Å². The Balaban J connectivity index is 4.15. The van der Waals surface area contributed by atoms with Gasteiger partial charge in [0.25, 0.3) is 0 Å². The molecular weight excluding hydrogens is 196 g/mol. The molecule has 0 aliphatic carbocycles. The fourth-order valence-corrected chi connectivity index (χ4v) is 2.38. The van der Waals surface area contributed by atoms with Crippen molar-refractivity contribution in [1.29, 1.82) is 0 Å². The quantitative estimate of drug-likeness (QED) is 0.667. The van der Waals surface area contributed by atoms with Crippen LogP contribution in [-0.4, -0.2) is 26.2 Å². The van der Waals surface area contributed by atoms with Crippen LogP contribution in [0.4, 0.5) is 0 Å². The van der Waals surface area contributed by atoms with Crippen LogP contribution < -0.4 is 10.6 Å². The van der Waals surface area contributed by atoms with E-state index in [0.717, 1.165) is 5.92 Å². The Kier molecular flexibility index (Phi) is 7.25. The van der Waals surface area contributed by atoms with Crippen LogP contribution in [0.15, 0.2) is 0 Å². The Morgan fingerprint density at radius 1 is 1.06 bits per heavy atom. The second-order valence-corrected chi connectivity index (χ2v) is 6.04. The fraction of sp³-hybridized carbons (Fsp3) is 1.00. The Morgan fingerprint density at radius 2 is 1.62 bits per heavy atom. The largest absolute Gasteiger partial charge is 0.316 e. The standard InChI is InChI=1S/C14H32N2/c1-8-14(4,5)10-11(2)9-13(16-7)12(3)15-6/h11-13,15-16H,8-10H2,1-7H3/t11?,12-,13?/m1/s1. The Morgan fingerprint density at radius 3 is 2.00 bits per heavy atom. The molecule has 0 aromatic carbocycles. The monoisotopic (exact) mass is 228 g/mol. The molecule has 0 aromatic heterocycles. The normalized spacial score (nSPS) is 18.2. The molecule has 0 amide bonds. The van der Waals surface area contributed by atoms with Gasteiger partial charge in [-0.15, -0.1) is 0 Å². The molecule has 0 radical (unpaired) electrons. The maximum atomic E-state index is 3.42. The van der Waals surface area contributed by atoms with Gasteiger partial charge in [-0.25, -0.2) is 0 Å². The highest BCUT2D eigenvalue weighted by molar-refractivity contribution is 4.80. The predicted octanol–water partition coefficient (Wildman–Crippen LogP) is 3.03. The van der Waals surface area contributed by atoms with E-state index in [2.05, 4.69) is 52.3 Å². The molecule has 0 rings (SSSR count). The Hall–Kier alpha value is -0.0800. The molecule has 0 fully saturated rings. The van der Waals surface area contributed by atoms with Crippen molar-refractivity contribution >= 4 is 0 Å². The topological polar surface area (TPSA) is 24.1 Å². The van der Waals surface area contributed by atoms with Gasteiger partial charge in [0.1, 0.15) is 0 Å². The van der Waals surface area contributed by atoms with Gasteiger partial charge >= 0.3 is 0 Å². The number of likely N-dealkylation sites (N-methyl/N-ethyl adjacent to an activating group) is 2. The molecule has 0 bridgehead atoms. The third kappa shape index (κ3) is 5.86. The zero-order valence-electron chi connectivity index (χ0n) is 12.4. The van der Waals surface area contributed by atoms with Crippen molar-refractivity contribution in [2.75, 3.05) is 14.1 Å². The maximum absolute atomic E-state index is 3.42. The van der Waals surface area contributed by atoms with Crippen molar-refractivity contribution in [3.05, 3.63) is 0 Å². The van der Waals surface area contributed by atoms with E-state index in [1.165, 1.54) is 19.3 Å². The third-order valence-corrected chi connectivity index (χ3v) is 3.94. The smallest absolute Gasteiger partial charge is 0.0217 e. The summed E-state index contributed by atoms with van der Waals surface area (Å²) >= 11 is 0. The van der Waals surface area contributed by atoms with Crippen LogP contribution in [0.3, 0.4) is 0 Å². The highest BCUT2D eigenvalue weighted by atomic mass is 15.0. The van der Waals surface area contributed by atoms with Gasteiger partial charge in [-0.2, -0.15) is 0 Å². The summed E-state index contributed by atoms with van der Waals surface area (Å²) in [6, 6.07) is 1.12. The Labute approximate surface area is 103 Å². The first kappa shape index (κ1) is 15.9.